The molecule has 3 aromatic rings. The summed E-state index contributed by atoms with van der Waals surface area (Å²) in [5, 5.41) is -0.150. The Morgan fingerprint density at radius 2 is 1.91 bits per heavy atom. The summed E-state index contributed by atoms with van der Waals surface area (Å²) in [6, 6.07) is 9.40. The fourth-order valence-corrected chi connectivity index (χ4v) is 2.82. The lowest BCUT2D eigenvalue weighted by Crippen LogP contribution is -2.20. The summed E-state index contributed by atoms with van der Waals surface area (Å²) in [6.07, 6.45) is -4.71. The maximum atomic E-state index is 13.6. The molecule has 0 N–H and O–H groups in total. The second-order valence-corrected chi connectivity index (χ2v) is 7.18. The Balaban J connectivity index is 1.97. The van der Waals surface area contributed by atoms with Gasteiger partial charge in [0.2, 0.25) is 11.2 Å². The summed E-state index contributed by atoms with van der Waals surface area (Å²) < 4.78 is 61.4. The monoisotopic (exact) mass is 470 g/mol. The molecule has 0 spiro atoms. The van der Waals surface area contributed by atoms with Crippen LogP contribution < -0.4 is 14.9 Å². The highest BCUT2D eigenvalue weighted by molar-refractivity contribution is 6.32. The third-order valence-corrected chi connectivity index (χ3v) is 4.70. The van der Waals surface area contributed by atoms with E-state index >= 15 is 0 Å². The molecule has 0 radical (unpaired) electrons. The van der Waals surface area contributed by atoms with Crippen molar-refractivity contribution in [2.24, 2.45) is 0 Å². The van der Waals surface area contributed by atoms with Gasteiger partial charge in [0.25, 0.3) is 5.76 Å². The zero-order valence-corrected chi connectivity index (χ0v) is 17.8. The van der Waals surface area contributed by atoms with Gasteiger partial charge >= 0.3 is 12.1 Å². The number of rotatable bonds is 7. The molecule has 2 aromatic carbocycles. The maximum Gasteiger partial charge on any atom is 0.453 e. The summed E-state index contributed by atoms with van der Waals surface area (Å²) in [4.78, 5) is 24.5. The predicted molar refractivity (Wildman–Crippen MR) is 110 cm³/mol. The van der Waals surface area contributed by atoms with E-state index in [0.717, 1.165) is 6.07 Å². The Morgan fingerprint density at radius 3 is 2.56 bits per heavy atom. The lowest BCUT2D eigenvalue weighted by Gasteiger charge is -2.14. The number of carbonyl (C=O) groups excluding carboxylic acids is 1. The number of alkyl halides is 3. The first-order valence-corrected chi connectivity index (χ1v) is 9.90. The smallest absolute Gasteiger partial charge is 0.453 e. The van der Waals surface area contributed by atoms with Crippen LogP contribution in [-0.4, -0.2) is 18.7 Å². The van der Waals surface area contributed by atoms with Crippen LogP contribution in [0.5, 0.6) is 17.2 Å². The highest BCUT2D eigenvalue weighted by Gasteiger charge is 2.40. The molecule has 3 rings (SSSR count). The minimum absolute atomic E-state index is 0.0214. The van der Waals surface area contributed by atoms with Crippen LogP contribution >= 0.6 is 11.6 Å². The van der Waals surface area contributed by atoms with Gasteiger partial charge in [-0.2, -0.15) is 13.2 Å². The zero-order valence-electron chi connectivity index (χ0n) is 17.0. The summed E-state index contributed by atoms with van der Waals surface area (Å²) in [6.45, 7) is 3.09. The lowest BCUT2D eigenvalue weighted by molar-refractivity contribution is -0.154. The van der Waals surface area contributed by atoms with Crippen molar-refractivity contribution in [3.63, 3.8) is 0 Å². The predicted octanol–water partition coefficient (Wildman–Crippen LogP) is 5.98. The van der Waals surface area contributed by atoms with Crippen molar-refractivity contribution < 1.29 is 36.6 Å². The number of hydrogen-bond donors (Lipinski definition) is 0. The van der Waals surface area contributed by atoms with E-state index in [0.29, 0.717) is 6.42 Å². The first kappa shape index (κ1) is 23.5. The first-order chi connectivity index (χ1) is 15.1. The van der Waals surface area contributed by atoms with Gasteiger partial charge < -0.3 is 18.6 Å². The molecule has 1 heterocycles. The van der Waals surface area contributed by atoms with Crippen molar-refractivity contribution in [2.45, 2.75) is 32.5 Å². The molecule has 0 aliphatic rings. The van der Waals surface area contributed by atoms with Gasteiger partial charge in [-0.05, 0) is 37.6 Å². The van der Waals surface area contributed by atoms with E-state index < -0.39 is 35.7 Å². The van der Waals surface area contributed by atoms with Crippen LogP contribution in [-0.2, 0) is 15.7 Å². The second kappa shape index (κ2) is 9.52. The van der Waals surface area contributed by atoms with Crippen molar-refractivity contribution in [2.75, 3.05) is 6.61 Å². The summed E-state index contributed by atoms with van der Waals surface area (Å²) in [5.74, 6) is -3.41. The van der Waals surface area contributed by atoms with Crippen LogP contribution in [0.4, 0.5) is 13.2 Å². The Labute approximate surface area is 185 Å². The Hall–Kier alpha value is -3.20. The van der Waals surface area contributed by atoms with Gasteiger partial charge in [-0.25, -0.2) is 4.79 Å². The summed E-state index contributed by atoms with van der Waals surface area (Å²) in [7, 11) is 0. The highest BCUT2D eigenvalue weighted by Crippen LogP contribution is 2.39. The van der Waals surface area contributed by atoms with Gasteiger partial charge in [0.15, 0.2) is 6.61 Å². The van der Waals surface area contributed by atoms with E-state index in [1.54, 1.807) is 13.0 Å². The van der Waals surface area contributed by atoms with Crippen LogP contribution in [0, 0.1) is 0 Å². The Kier molecular flexibility index (Phi) is 6.98. The fourth-order valence-electron chi connectivity index (χ4n) is 2.65. The van der Waals surface area contributed by atoms with Gasteiger partial charge in [0.05, 0.1) is 16.5 Å². The van der Waals surface area contributed by atoms with Gasteiger partial charge in [-0.3, -0.25) is 4.79 Å². The Morgan fingerprint density at radius 1 is 1.19 bits per heavy atom. The number of hydrogen-bond acceptors (Lipinski definition) is 6. The quantitative estimate of drug-likeness (QED) is 0.395. The zero-order chi connectivity index (χ0) is 23.5. The topological polar surface area (TPSA) is 75.0 Å². The standard InChI is InChI=1S/C22H18ClF3O6/c1-3-12(2)30-18(27)11-29-13-8-9-14-17(10-13)32-21(22(24,25)26)20(19(14)28)31-16-7-5-4-6-15(16)23/h4-10,12H,3,11H2,1-2H3. The molecule has 32 heavy (non-hydrogen) atoms. The second-order valence-electron chi connectivity index (χ2n) is 6.78. The van der Waals surface area contributed by atoms with Gasteiger partial charge in [0, 0.05) is 6.07 Å². The molecule has 1 aromatic heterocycles. The number of para-hydroxylation sites is 1. The molecule has 0 fully saturated rings. The molecular formula is C22H18ClF3O6. The molecule has 0 bridgehead atoms. The Bertz CT molecular complexity index is 1190. The molecule has 0 amide bonds. The third-order valence-electron chi connectivity index (χ3n) is 4.39. The van der Waals surface area contributed by atoms with E-state index in [4.69, 9.17) is 30.2 Å². The number of benzene rings is 2. The lowest BCUT2D eigenvalue weighted by atomic mass is 10.2. The van der Waals surface area contributed by atoms with Crippen molar-refractivity contribution >= 4 is 28.5 Å². The summed E-state index contributed by atoms with van der Waals surface area (Å²) in [5.41, 5.74) is -1.43. The third kappa shape index (κ3) is 5.34. The molecule has 10 heteroatoms. The molecule has 170 valence electrons. The van der Waals surface area contributed by atoms with Crippen LogP contribution in [0.25, 0.3) is 11.0 Å². The van der Waals surface area contributed by atoms with Gasteiger partial charge in [-0.15, -0.1) is 0 Å². The average Bonchev–Trinajstić information content (AvgIpc) is 2.74. The van der Waals surface area contributed by atoms with E-state index in [2.05, 4.69) is 0 Å². The van der Waals surface area contributed by atoms with Crippen molar-refractivity contribution in [1.29, 1.82) is 0 Å². The molecule has 0 aliphatic heterocycles. The first-order valence-electron chi connectivity index (χ1n) is 9.52. The normalized spacial score (nSPS) is 12.4. The number of esters is 1. The summed E-state index contributed by atoms with van der Waals surface area (Å²) >= 11 is 5.94. The van der Waals surface area contributed by atoms with E-state index in [9.17, 15) is 22.8 Å². The molecule has 0 saturated carbocycles. The van der Waals surface area contributed by atoms with E-state index in [1.807, 2.05) is 6.92 Å². The number of fused-ring (bicyclic) bond motifs is 1. The molecule has 1 atom stereocenters. The maximum absolute atomic E-state index is 13.6. The highest BCUT2D eigenvalue weighted by atomic mass is 35.5. The molecule has 0 aliphatic carbocycles. The average molecular weight is 471 g/mol. The number of ether oxygens (including phenoxy) is 3. The molecule has 1 unspecified atom stereocenters. The minimum Gasteiger partial charge on any atom is -0.482 e. The largest absolute Gasteiger partial charge is 0.482 e. The van der Waals surface area contributed by atoms with E-state index in [1.165, 1.54) is 30.3 Å². The fraction of sp³-hybridized carbons (Fsp3) is 0.273. The molecule has 6 nitrogen and oxygen atoms in total. The van der Waals surface area contributed by atoms with E-state index in [-0.39, 0.29) is 33.6 Å². The minimum atomic E-state index is -5.03. The molecular weight excluding hydrogens is 453 g/mol. The van der Waals surface area contributed by atoms with Gasteiger partial charge in [0.1, 0.15) is 17.1 Å². The SMILES string of the molecule is CCC(C)OC(=O)COc1ccc2c(=O)c(Oc3ccccc3Cl)c(C(F)(F)F)oc2c1. The van der Waals surface area contributed by atoms with Gasteiger partial charge in [-0.1, -0.05) is 30.7 Å². The number of halogens is 4. The number of carbonyl (C=O) groups is 1. The van der Waals surface area contributed by atoms with Crippen molar-refractivity contribution in [3.05, 3.63) is 63.5 Å². The van der Waals surface area contributed by atoms with Crippen LogP contribution in [0.3, 0.4) is 0 Å². The van der Waals surface area contributed by atoms with Crippen molar-refractivity contribution in [1.82, 2.24) is 0 Å². The molecule has 0 saturated heterocycles. The van der Waals surface area contributed by atoms with Crippen LogP contribution in [0.1, 0.15) is 26.0 Å². The van der Waals surface area contributed by atoms with Crippen LogP contribution in [0.15, 0.2) is 51.7 Å². The van der Waals surface area contributed by atoms with Crippen LogP contribution in [0.2, 0.25) is 5.02 Å². The van der Waals surface area contributed by atoms with Crippen molar-refractivity contribution in [3.8, 4) is 17.2 Å².